The molecule has 0 saturated heterocycles. The van der Waals surface area contributed by atoms with Crippen LogP contribution in [0.25, 0.3) is 44.5 Å². The molecule has 52 heavy (non-hydrogen) atoms. The van der Waals surface area contributed by atoms with Gasteiger partial charge in [0, 0.05) is 28.3 Å². The van der Waals surface area contributed by atoms with E-state index in [2.05, 4.69) is 213 Å². The molecular weight excluding hydrogens is 627 g/mol. The van der Waals surface area contributed by atoms with Gasteiger partial charge < -0.3 is 4.90 Å². The highest BCUT2D eigenvalue weighted by molar-refractivity contribution is 5.93. The third-order valence-corrected chi connectivity index (χ3v) is 11.0. The van der Waals surface area contributed by atoms with Gasteiger partial charge in [-0.1, -0.05) is 178 Å². The van der Waals surface area contributed by atoms with E-state index in [-0.39, 0.29) is 5.41 Å². The molecule has 7 aromatic carbocycles. The summed E-state index contributed by atoms with van der Waals surface area (Å²) in [5, 5.41) is 0. The first kappa shape index (κ1) is 31.8. The van der Waals surface area contributed by atoms with Crippen molar-refractivity contribution in [3.8, 4) is 44.5 Å². The molecule has 1 nitrogen and oxygen atoms in total. The molecule has 0 spiro atoms. The van der Waals surface area contributed by atoms with Gasteiger partial charge in [0.25, 0.3) is 0 Å². The number of rotatable bonds is 7. The van der Waals surface area contributed by atoms with Crippen LogP contribution < -0.4 is 4.90 Å². The predicted molar refractivity (Wildman–Crippen MR) is 220 cm³/mol. The zero-order chi connectivity index (χ0) is 35.1. The average Bonchev–Trinajstić information content (AvgIpc) is 3.46. The van der Waals surface area contributed by atoms with E-state index in [0.29, 0.717) is 5.92 Å². The second-order valence-corrected chi connectivity index (χ2v) is 14.5. The van der Waals surface area contributed by atoms with Gasteiger partial charge >= 0.3 is 0 Å². The van der Waals surface area contributed by atoms with E-state index < -0.39 is 0 Å². The molecule has 0 bridgehead atoms. The highest BCUT2D eigenvalue weighted by atomic mass is 15.1. The van der Waals surface area contributed by atoms with Crippen molar-refractivity contribution in [3.05, 3.63) is 217 Å². The van der Waals surface area contributed by atoms with Gasteiger partial charge in [0.2, 0.25) is 0 Å². The Morgan fingerprint density at radius 1 is 0.500 bits per heavy atom. The molecule has 2 aliphatic rings. The largest absolute Gasteiger partial charge is 0.310 e. The third-order valence-electron chi connectivity index (χ3n) is 11.0. The summed E-state index contributed by atoms with van der Waals surface area (Å²) in [5.41, 5.74) is 17.6. The zero-order valence-corrected chi connectivity index (χ0v) is 29.7. The molecule has 0 heterocycles. The van der Waals surface area contributed by atoms with E-state index in [4.69, 9.17) is 0 Å². The van der Waals surface area contributed by atoms with Gasteiger partial charge in [0.1, 0.15) is 0 Å². The van der Waals surface area contributed by atoms with Gasteiger partial charge in [-0.05, 0) is 92.4 Å². The maximum absolute atomic E-state index is 2.45. The zero-order valence-electron chi connectivity index (χ0n) is 29.7. The molecule has 9 rings (SSSR count). The Balaban J connectivity index is 1.17. The summed E-state index contributed by atoms with van der Waals surface area (Å²) in [6, 6.07) is 64.2. The Kier molecular flexibility index (Phi) is 8.05. The number of allylic oxidation sites excluding steroid dienone is 3. The number of benzene rings is 7. The highest BCUT2D eigenvalue weighted by Crippen LogP contribution is 2.52. The maximum atomic E-state index is 2.45. The van der Waals surface area contributed by atoms with Crippen LogP contribution in [-0.2, 0) is 5.41 Å². The molecule has 250 valence electrons. The molecule has 2 aliphatic carbocycles. The van der Waals surface area contributed by atoms with E-state index in [0.717, 1.165) is 17.8 Å². The van der Waals surface area contributed by atoms with Crippen molar-refractivity contribution in [2.45, 2.75) is 31.6 Å². The van der Waals surface area contributed by atoms with Crippen LogP contribution in [0.4, 0.5) is 11.4 Å². The topological polar surface area (TPSA) is 3.24 Å². The molecule has 0 aromatic heterocycles. The van der Waals surface area contributed by atoms with Gasteiger partial charge in [0.15, 0.2) is 0 Å². The van der Waals surface area contributed by atoms with Crippen molar-refractivity contribution >= 4 is 11.4 Å². The van der Waals surface area contributed by atoms with E-state index in [9.17, 15) is 0 Å². The summed E-state index contributed by atoms with van der Waals surface area (Å²) in [6.45, 7) is 4.70. The second-order valence-electron chi connectivity index (χ2n) is 14.5. The number of anilines is 2. The number of hydrogen-bond acceptors (Lipinski definition) is 1. The van der Waals surface area contributed by atoms with Gasteiger partial charge in [-0.2, -0.15) is 0 Å². The second kappa shape index (κ2) is 13.2. The van der Waals surface area contributed by atoms with Crippen molar-refractivity contribution < 1.29 is 0 Å². The molecule has 7 aromatic rings. The molecule has 0 N–H and O–H groups in total. The highest BCUT2D eigenvalue weighted by Gasteiger charge is 2.36. The Hall–Kier alpha value is -6.18. The number of fused-ring (bicyclic) bond motifs is 3. The van der Waals surface area contributed by atoms with Crippen molar-refractivity contribution in [2.75, 3.05) is 4.90 Å². The Morgan fingerprint density at radius 3 is 1.81 bits per heavy atom. The summed E-state index contributed by atoms with van der Waals surface area (Å²) in [5.74, 6) is 0.357. The maximum Gasteiger partial charge on any atom is 0.0540 e. The minimum absolute atomic E-state index is 0.0319. The first-order chi connectivity index (χ1) is 25.6. The lowest BCUT2D eigenvalue weighted by Crippen LogP contribution is -2.18. The third kappa shape index (κ3) is 5.60. The van der Waals surface area contributed by atoms with Crippen LogP contribution in [-0.4, -0.2) is 0 Å². The monoisotopic (exact) mass is 667 g/mol. The summed E-state index contributed by atoms with van der Waals surface area (Å²) < 4.78 is 0. The molecule has 0 radical (unpaired) electrons. The van der Waals surface area contributed by atoms with Crippen LogP contribution in [0.2, 0.25) is 0 Å². The molecule has 1 atom stereocenters. The normalized spacial score (nSPS) is 15.4. The molecule has 0 fully saturated rings. The fraction of sp³-hybridized carbons (Fsp3) is 0.0980. The minimum Gasteiger partial charge on any atom is -0.310 e. The Bertz CT molecular complexity index is 2430. The lowest BCUT2D eigenvalue weighted by Gasteiger charge is -2.31. The standard InChI is InChI=1S/C51H41N/c1-51(2)47-23-13-12-21-45(47)50-44(22-14-24-48(50)51)40-27-32-43(33-28-40)52(42-30-25-38(26-31-42)36-15-6-3-7-16-36)49-34-29-41(37-17-8-4-9-18-37)35-46(49)39-19-10-5-11-20-39/h3-25,27-35,38H,26H2,1-2H3. The van der Waals surface area contributed by atoms with Crippen LogP contribution in [0.1, 0.15) is 42.9 Å². The van der Waals surface area contributed by atoms with Crippen LogP contribution in [0.5, 0.6) is 0 Å². The summed E-state index contributed by atoms with van der Waals surface area (Å²) in [6.07, 6.45) is 8.05. The van der Waals surface area contributed by atoms with E-state index in [1.807, 2.05) is 0 Å². The number of hydrogen-bond donors (Lipinski definition) is 0. The number of nitrogens with zero attached hydrogens (tertiary/aromatic N) is 1. The Morgan fingerprint density at radius 2 is 1.10 bits per heavy atom. The van der Waals surface area contributed by atoms with Crippen LogP contribution >= 0.6 is 0 Å². The molecular formula is C51H41N. The Labute approximate surface area is 307 Å². The average molecular weight is 668 g/mol. The lowest BCUT2D eigenvalue weighted by molar-refractivity contribution is 0.660. The van der Waals surface area contributed by atoms with Gasteiger partial charge in [-0.25, -0.2) is 0 Å². The SMILES string of the molecule is CC1(C)c2ccccc2-c2c(-c3ccc(N(C4=CCC(c5ccccc5)C=C4)c4ccc(-c5ccccc5)cc4-c4ccccc4)cc3)cccc21. The van der Waals surface area contributed by atoms with E-state index in [1.54, 1.807) is 0 Å². The van der Waals surface area contributed by atoms with Gasteiger partial charge in [0.05, 0.1) is 5.69 Å². The van der Waals surface area contributed by atoms with Crippen molar-refractivity contribution in [1.82, 2.24) is 0 Å². The molecule has 0 aliphatic heterocycles. The van der Waals surface area contributed by atoms with Crippen LogP contribution in [0, 0.1) is 0 Å². The fourth-order valence-electron chi connectivity index (χ4n) is 8.32. The smallest absolute Gasteiger partial charge is 0.0540 e. The fourth-order valence-corrected chi connectivity index (χ4v) is 8.32. The summed E-state index contributed by atoms with van der Waals surface area (Å²) in [4.78, 5) is 2.45. The van der Waals surface area contributed by atoms with Crippen molar-refractivity contribution in [2.24, 2.45) is 0 Å². The van der Waals surface area contributed by atoms with E-state index in [1.165, 1.54) is 66.9 Å². The van der Waals surface area contributed by atoms with Crippen LogP contribution in [0.15, 0.2) is 200 Å². The van der Waals surface area contributed by atoms with E-state index >= 15 is 0 Å². The molecule has 0 amide bonds. The van der Waals surface area contributed by atoms with Crippen LogP contribution in [0.3, 0.4) is 0 Å². The first-order valence-electron chi connectivity index (χ1n) is 18.4. The summed E-state index contributed by atoms with van der Waals surface area (Å²) >= 11 is 0. The van der Waals surface area contributed by atoms with Gasteiger partial charge in [-0.3, -0.25) is 0 Å². The summed E-state index contributed by atoms with van der Waals surface area (Å²) in [7, 11) is 0. The molecule has 1 heteroatoms. The lowest BCUT2D eigenvalue weighted by atomic mass is 9.82. The molecule has 1 unspecified atom stereocenters. The minimum atomic E-state index is -0.0319. The predicted octanol–water partition coefficient (Wildman–Crippen LogP) is 13.8. The van der Waals surface area contributed by atoms with Crippen molar-refractivity contribution in [1.29, 1.82) is 0 Å². The quantitative estimate of drug-likeness (QED) is 0.164. The van der Waals surface area contributed by atoms with Gasteiger partial charge in [-0.15, -0.1) is 0 Å². The first-order valence-corrected chi connectivity index (χ1v) is 18.4. The van der Waals surface area contributed by atoms with Crippen molar-refractivity contribution in [3.63, 3.8) is 0 Å². The molecule has 0 saturated carbocycles.